The second-order valence-electron chi connectivity index (χ2n) is 3.86. The molecule has 1 aliphatic carbocycles. The van der Waals surface area contributed by atoms with E-state index in [1.165, 1.54) is 12.8 Å². The maximum atomic E-state index is 4.27. The standard InChI is InChI=1S/C11H16N2/c1-9-5-6-11(9)13-8-10-4-2-3-7-12-10/h2-4,7,9,11,13H,5-6,8H2,1H3. The summed E-state index contributed by atoms with van der Waals surface area (Å²) in [5, 5.41) is 3.52. The van der Waals surface area contributed by atoms with Crippen LogP contribution in [0.5, 0.6) is 0 Å². The molecule has 0 amide bonds. The van der Waals surface area contributed by atoms with Gasteiger partial charge in [-0.25, -0.2) is 0 Å². The van der Waals surface area contributed by atoms with Gasteiger partial charge in [0.05, 0.1) is 5.69 Å². The Bertz CT molecular complexity index is 258. The summed E-state index contributed by atoms with van der Waals surface area (Å²) < 4.78 is 0. The van der Waals surface area contributed by atoms with Gasteiger partial charge < -0.3 is 5.32 Å². The van der Waals surface area contributed by atoms with Crippen molar-refractivity contribution in [2.75, 3.05) is 0 Å². The molecule has 13 heavy (non-hydrogen) atoms. The first-order valence-electron chi connectivity index (χ1n) is 4.99. The zero-order chi connectivity index (χ0) is 9.10. The fourth-order valence-corrected chi connectivity index (χ4v) is 1.71. The smallest absolute Gasteiger partial charge is 0.0541 e. The van der Waals surface area contributed by atoms with Crippen LogP contribution in [0.25, 0.3) is 0 Å². The van der Waals surface area contributed by atoms with Crippen molar-refractivity contribution < 1.29 is 0 Å². The third-order valence-corrected chi connectivity index (χ3v) is 2.89. The van der Waals surface area contributed by atoms with Gasteiger partial charge in [-0.3, -0.25) is 4.98 Å². The molecule has 1 fully saturated rings. The minimum Gasteiger partial charge on any atom is -0.308 e. The van der Waals surface area contributed by atoms with Gasteiger partial charge in [0.1, 0.15) is 0 Å². The zero-order valence-corrected chi connectivity index (χ0v) is 8.03. The van der Waals surface area contributed by atoms with Crippen LogP contribution < -0.4 is 5.32 Å². The quantitative estimate of drug-likeness (QED) is 0.761. The third-order valence-electron chi connectivity index (χ3n) is 2.89. The topological polar surface area (TPSA) is 24.9 Å². The highest BCUT2D eigenvalue weighted by Gasteiger charge is 2.25. The molecule has 1 aromatic rings. The SMILES string of the molecule is CC1CCC1NCc1ccccn1. The molecule has 1 N–H and O–H groups in total. The third kappa shape index (κ3) is 2.07. The summed E-state index contributed by atoms with van der Waals surface area (Å²) in [6, 6.07) is 6.78. The van der Waals surface area contributed by atoms with Crippen molar-refractivity contribution in [1.29, 1.82) is 0 Å². The first-order valence-corrected chi connectivity index (χ1v) is 4.99. The van der Waals surface area contributed by atoms with Crippen LogP contribution in [0.3, 0.4) is 0 Å². The van der Waals surface area contributed by atoms with Crippen LogP contribution in [0.1, 0.15) is 25.5 Å². The highest BCUT2D eigenvalue weighted by molar-refractivity contribution is 5.03. The van der Waals surface area contributed by atoms with E-state index < -0.39 is 0 Å². The molecule has 2 nitrogen and oxygen atoms in total. The molecule has 2 unspecified atom stereocenters. The van der Waals surface area contributed by atoms with Crippen LogP contribution in [0, 0.1) is 5.92 Å². The highest BCUT2D eigenvalue weighted by atomic mass is 14.9. The Labute approximate surface area is 79.4 Å². The predicted molar refractivity (Wildman–Crippen MR) is 53.3 cm³/mol. The Hall–Kier alpha value is -0.890. The Balaban J connectivity index is 1.80. The number of hydrogen-bond acceptors (Lipinski definition) is 2. The van der Waals surface area contributed by atoms with Gasteiger partial charge in [0.2, 0.25) is 0 Å². The molecule has 2 heteroatoms. The molecular weight excluding hydrogens is 160 g/mol. The predicted octanol–water partition coefficient (Wildman–Crippen LogP) is 1.97. The minimum absolute atomic E-state index is 0.724. The first kappa shape index (κ1) is 8.70. The van der Waals surface area contributed by atoms with E-state index in [0.29, 0.717) is 0 Å². The molecule has 1 aromatic heterocycles. The van der Waals surface area contributed by atoms with Crippen LogP contribution in [0.15, 0.2) is 24.4 Å². The molecule has 0 radical (unpaired) electrons. The van der Waals surface area contributed by atoms with Gasteiger partial charge >= 0.3 is 0 Å². The summed E-state index contributed by atoms with van der Waals surface area (Å²) in [4.78, 5) is 4.27. The van der Waals surface area contributed by atoms with Crippen molar-refractivity contribution in [3.8, 4) is 0 Å². The van der Waals surface area contributed by atoms with Crippen molar-refractivity contribution in [3.05, 3.63) is 30.1 Å². The summed E-state index contributed by atoms with van der Waals surface area (Å²) in [5.74, 6) is 0.851. The molecule has 0 spiro atoms. The van der Waals surface area contributed by atoms with Crippen molar-refractivity contribution in [2.45, 2.75) is 32.4 Å². The second kappa shape index (κ2) is 3.88. The Morgan fingerprint density at radius 2 is 2.38 bits per heavy atom. The van der Waals surface area contributed by atoms with E-state index in [2.05, 4.69) is 23.3 Å². The van der Waals surface area contributed by atoms with Gasteiger partial charge in [0, 0.05) is 18.8 Å². The van der Waals surface area contributed by atoms with Gasteiger partial charge in [-0.05, 0) is 30.9 Å². The largest absolute Gasteiger partial charge is 0.308 e. The Kier molecular flexibility index (Phi) is 2.60. The fourth-order valence-electron chi connectivity index (χ4n) is 1.71. The molecule has 1 saturated carbocycles. The lowest BCUT2D eigenvalue weighted by molar-refractivity contribution is 0.227. The monoisotopic (exact) mass is 176 g/mol. The number of aromatic nitrogens is 1. The number of nitrogens with zero attached hydrogens (tertiary/aromatic N) is 1. The number of hydrogen-bond donors (Lipinski definition) is 1. The summed E-state index contributed by atoms with van der Waals surface area (Å²) in [6.45, 7) is 3.22. The lowest BCUT2D eigenvalue weighted by Crippen LogP contribution is -2.42. The van der Waals surface area contributed by atoms with Crippen LogP contribution in [0.2, 0.25) is 0 Å². The van der Waals surface area contributed by atoms with E-state index in [1.54, 1.807) is 0 Å². The Morgan fingerprint density at radius 1 is 1.46 bits per heavy atom. The van der Waals surface area contributed by atoms with Crippen LogP contribution >= 0.6 is 0 Å². The van der Waals surface area contributed by atoms with Gasteiger partial charge in [0.15, 0.2) is 0 Å². The lowest BCUT2D eigenvalue weighted by Gasteiger charge is -2.34. The van der Waals surface area contributed by atoms with Crippen molar-refractivity contribution in [3.63, 3.8) is 0 Å². The molecule has 0 aromatic carbocycles. The highest BCUT2D eigenvalue weighted by Crippen LogP contribution is 2.26. The van der Waals surface area contributed by atoms with Crippen LogP contribution in [0.4, 0.5) is 0 Å². The summed E-state index contributed by atoms with van der Waals surface area (Å²) in [6.07, 6.45) is 4.55. The molecule has 1 heterocycles. The fraction of sp³-hybridized carbons (Fsp3) is 0.545. The molecule has 70 valence electrons. The normalized spacial score (nSPS) is 26.8. The lowest BCUT2D eigenvalue weighted by atomic mass is 9.81. The zero-order valence-electron chi connectivity index (χ0n) is 8.03. The molecule has 1 aliphatic rings. The van der Waals surface area contributed by atoms with E-state index in [9.17, 15) is 0 Å². The number of pyridine rings is 1. The molecule has 0 saturated heterocycles. The van der Waals surface area contributed by atoms with Crippen molar-refractivity contribution >= 4 is 0 Å². The minimum atomic E-state index is 0.724. The maximum absolute atomic E-state index is 4.27. The van der Waals surface area contributed by atoms with Gasteiger partial charge in [-0.1, -0.05) is 13.0 Å². The number of rotatable bonds is 3. The van der Waals surface area contributed by atoms with Crippen LogP contribution in [-0.4, -0.2) is 11.0 Å². The van der Waals surface area contributed by atoms with Crippen molar-refractivity contribution in [2.24, 2.45) is 5.92 Å². The van der Waals surface area contributed by atoms with E-state index in [0.717, 1.165) is 24.2 Å². The van der Waals surface area contributed by atoms with Crippen molar-refractivity contribution in [1.82, 2.24) is 10.3 Å². The van der Waals surface area contributed by atoms with E-state index in [4.69, 9.17) is 0 Å². The van der Waals surface area contributed by atoms with Crippen LogP contribution in [-0.2, 0) is 6.54 Å². The molecule has 0 bridgehead atoms. The molecule has 0 aliphatic heterocycles. The van der Waals surface area contributed by atoms with E-state index in [1.807, 2.05) is 18.3 Å². The molecular formula is C11H16N2. The average Bonchev–Trinajstić information content (AvgIpc) is 2.17. The summed E-state index contributed by atoms with van der Waals surface area (Å²) in [7, 11) is 0. The number of nitrogens with one attached hydrogen (secondary N) is 1. The molecule has 2 rings (SSSR count). The van der Waals surface area contributed by atoms with Gasteiger partial charge in [-0.2, -0.15) is 0 Å². The summed E-state index contributed by atoms with van der Waals surface area (Å²) in [5.41, 5.74) is 1.14. The average molecular weight is 176 g/mol. The van der Waals surface area contributed by atoms with E-state index in [-0.39, 0.29) is 0 Å². The Morgan fingerprint density at radius 3 is 2.92 bits per heavy atom. The van der Waals surface area contributed by atoms with Gasteiger partial charge in [-0.15, -0.1) is 0 Å². The first-order chi connectivity index (χ1) is 6.36. The summed E-state index contributed by atoms with van der Waals surface area (Å²) >= 11 is 0. The van der Waals surface area contributed by atoms with E-state index >= 15 is 0 Å². The maximum Gasteiger partial charge on any atom is 0.0541 e. The molecule has 2 atom stereocenters. The second-order valence-corrected chi connectivity index (χ2v) is 3.86. The van der Waals surface area contributed by atoms with Gasteiger partial charge in [0.25, 0.3) is 0 Å².